The van der Waals surface area contributed by atoms with E-state index in [1.54, 1.807) is 5.32 Å². The Kier molecular flexibility index (Phi) is 7.22. The van der Waals surface area contributed by atoms with Crippen molar-refractivity contribution in [2.45, 2.75) is 30.5 Å². The monoisotopic (exact) mass is 431 g/mol. The second-order valence-electron chi connectivity index (χ2n) is 5.55. The molecule has 0 radical (unpaired) electrons. The fourth-order valence-corrected chi connectivity index (χ4v) is 2.99. The van der Waals surface area contributed by atoms with E-state index in [9.17, 15) is 36.3 Å². The Morgan fingerprint density at radius 2 is 1.81 bits per heavy atom. The van der Waals surface area contributed by atoms with Crippen LogP contribution in [0.2, 0.25) is 5.02 Å². The van der Waals surface area contributed by atoms with E-state index in [-0.39, 0.29) is 41.5 Å². The van der Waals surface area contributed by atoms with Gasteiger partial charge in [-0.3, -0.25) is 9.59 Å². The van der Waals surface area contributed by atoms with Gasteiger partial charge in [0.25, 0.3) is 5.91 Å². The van der Waals surface area contributed by atoms with E-state index < -0.39 is 27.7 Å². The average molecular weight is 432 g/mol. The summed E-state index contributed by atoms with van der Waals surface area (Å²) in [5, 5.41) is 13.1. The van der Waals surface area contributed by atoms with Crippen molar-refractivity contribution in [2.75, 3.05) is 18.4 Å². The highest BCUT2D eigenvalue weighted by molar-refractivity contribution is 7.89. The average Bonchev–Trinajstić information content (AvgIpc) is 2.52. The molecule has 8 nitrogen and oxygen atoms in total. The summed E-state index contributed by atoms with van der Waals surface area (Å²) in [7, 11) is -4.01. The fourth-order valence-electron chi connectivity index (χ4n) is 1.64. The summed E-state index contributed by atoms with van der Waals surface area (Å²) in [5.41, 5.74) is -3.98. The lowest BCUT2D eigenvalue weighted by atomic mass is 10.1. The lowest BCUT2D eigenvalue weighted by Crippen LogP contribution is -2.52. The summed E-state index contributed by atoms with van der Waals surface area (Å²) in [4.78, 5) is 22.0. The maximum absolute atomic E-state index is 12.6. The number of hydrogen-bond acceptors (Lipinski definition) is 5. The largest absolute Gasteiger partial charge is 0.426 e. The van der Waals surface area contributed by atoms with Gasteiger partial charge < -0.3 is 15.7 Å². The highest BCUT2D eigenvalue weighted by atomic mass is 35.5. The Balaban J connectivity index is 2.90. The lowest BCUT2D eigenvalue weighted by molar-refractivity contribution is -0.242. The van der Waals surface area contributed by atoms with Gasteiger partial charge in [0.2, 0.25) is 21.5 Å². The van der Waals surface area contributed by atoms with Gasteiger partial charge >= 0.3 is 6.18 Å². The molecule has 0 aliphatic rings. The molecule has 1 atom stereocenters. The Labute approximate surface area is 158 Å². The maximum atomic E-state index is 12.6. The number of anilines is 1. The Morgan fingerprint density at radius 3 is 2.30 bits per heavy atom. The van der Waals surface area contributed by atoms with E-state index in [1.165, 1.54) is 6.92 Å². The second kappa shape index (κ2) is 8.42. The van der Waals surface area contributed by atoms with Gasteiger partial charge in [0.15, 0.2) is 0 Å². The normalized spacial score (nSPS) is 14.3. The Hall–Kier alpha value is -1.89. The molecule has 1 rings (SSSR count). The van der Waals surface area contributed by atoms with E-state index in [4.69, 9.17) is 11.6 Å². The molecular formula is C14H17ClF3N3O5S. The summed E-state index contributed by atoms with van der Waals surface area (Å²) in [6.45, 7) is 1.47. The van der Waals surface area contributed by atoms with Crippen LogP contribution in [0.4, 0.5) is 18.9 Å². The number of carbonyl (C=O) groups is 2. The van der Waals surface area contributed by atoms with Gasteiger partial charge in [-0.1, -0.05) is 11.6 Å². The van der Waals surface area contributed by atoms with Gasteiger partial charge in [-0.25, -0.2) is 13.1 Å². The first-order valence-corrected chi connectivity index (χ1v) is 9.19. The summed E-state index contributed by atoms with van der Waals surface area (Å²) in [6, 6.07) is 2.90. The van der Waals surface area contributed by atoms with Crippen LogP contribution in [-0.2, 0) is 19.6 Å². The first kappa shape index (κ1) is 23.1. The van der Waals surface area contributed by atoms with Crippen LogP contribution >= 0.6 is 11.6 Å². The number of sulfonamides is 1. The Morgan fingerprint density at radius 1 is 1.22 bits per heavy atom. The number of nitrogens with one attached hydrogen (secondary N) is 3. The van der Waals surface area contributed by atoms with E-state index in [0.717, 1.165) is 18.2 Å². The van der Waals surface area contributed by atoms with E-state index in [2.05, 4.69) is 10.0 Å². The standard InChI is InChI=1S/C14H17ClF3N3O5S/c1-8(22)19-5-6-20-27(25,26)9-3-4-11(10(15)7-9)21-12(23)13(2,24)14(16,17)18/h3-4,7,20,24H,5-6H2,1-2H3,(H,19,22)(H,21,23)/t13-/m1/s1. The zero-order chi connectivity index (χ0) is 21.0. The van der Waals surface area contributed by atoms with Crippen LogP contribution in [0.15, 0.2) is 23.1 Å². The summed E-state index contributed by atoms with van der Waals surface area (Å²) in [5.74, 6) is -2.12. The zero-order valence-corrected chi connectivity index (χ0v) is 15.7. The highest BCUT2D eigenvalue weighted by Crippen LogP contribution is 2.32. The molecule has 1 aromatic carbocycles. The van der Waals surface area contributed by atoms with Crippen molar-refractivity contribution in [3.8, 4) is 0 Å². The van der Waals surface area contributed by atoms with Gasteiger partial charge in [-0.15, -0.1) is 0 Å². The summed E-state index contributed by atoms with van der Waals surface area (Å²) < 4.78 is 64.3. The number of alkyl halides is 3. The van der Waals surface area contributed by atoms with Gasteiger partial charge in [-0.05, 0) is 25.1 Å². The minimum Gasteiger partial charge on any atom is -0.373 e. The maximum Gasteiger partial charge on any atom is 0.426 e. The van der Waals surface area contributed by atoms with Crippen LogP contribution in [0.25, 0.3) is 0 Å². The smallest absolute Gasteiger partial charge is 0.373 e. The minimum absolute atomic E-state index is 0.0446. The van der Waals surface area contributed by atoms with Crippen molar-refractivity contribution in [3.05, 3.63) is 23.2 Å². The molecule has 0 aliphatic heterocycles. The predicted octanol–water partition coefficient (Wildman–Crippen LogP) is 1.01. The van der Waals surface area contributed by atoms with Crippen molar-refractivity contribution in [2.24, 2.45) is 0 Å². The highest BCUT2D eigenvalue weighted by Gasteiger charge is 2.55. The molecule has 0 heterocycles. The number of hydrogen-bond donors (Lipinski definition) is 4. The zero-order valence-electron chi connectivity index (χ0n) is 14.1. The molecular weight excluding hydrogens is 415 g/mol. The third-order valence-electron chi connectivity index (χ3n) is 3.28. The molecule has 152 valence electrons. The first-order valence-electron chi connectivity index (χ1n) is 7.32. The van der Waals surface area contributed by atoms with Gasteiger partial charge in [0.05, 0.1) is 15.6 Å². The van der Waals surface area contributed by atoms with Crippen LogP contribution in [0.1, 0.15) is 13.8 Å². The number of benzene rings is 1. The molecule has 0 spiro atoms. The van der Waals surface area contributed by atoms with Crippen molar-refractivity contribution in [3.63, 3.8) is 0 Å². The van der Waals surface area contributed by atoms with E-state index in [1.807, 2.05) is 0 Å². The summed E-state index contributed by atoms with van der Waals surface area (Å²) >= 11 is 5.82. The fraction of sp³-hybridized carbons (Fsp3) is 0.429. The van der Waals surface area contributed by atoms with Crippen molar-refractivity contribution in [1.82, 2.24) is 10.0 Å². The van der Waals surface area contributed by atoms with Crippen molar-refractivity contribution in [1.29, 1.82) is 0 Å². The molecule has 2 amide bonds. The molecule has 13 heteroatoms. The number of rotatable bonds is 7. The van der Waals surface area contributed by atoms with Gasteiger partial charge in [0.1, 0.15) is 0 Å². The molecule has 27 heavy (non-hydrogen) atoms. The molecule has 4 N–H and O–H groups in total. The van der Waals surface area contributed by atoms with Crippen LogP contribution in [0.5, 0.6) is 0 Å². The van der Waals surface area contributed by atoms with Crippen molar-refractivity contribution < 1.29 is 36.3 Å². The topological polar surface area (TPSA) is 125 Å². The third kappa shape index (κ3) is 6.06. The number of aliphatic hydroxyl groups is 1. The first-order chi connectivity index (χ1) is 12.2. The Bertz CT molecular complexity index is 828. The predicted molar refractivity (Wildman–Crippen MR) is 90.6 cm³/mol. The summed E-state index contributed by atoms with van der Waals surface area (Å²) in [6.07, 6.45) is -5.22. The quantitative estimate of drug-likeness (QED) is 0.479. The van der Waals surface area contributed by atoms with Crippen LogP contribution in [-0.4, -0.2) is 50.2 Å². The second-order valence-corrected chi connectivity index (χ2v) is 7.72. The molecule has 1 aromatic rings. The third-order valence-corrected chi connectivity index (χ3v) is 5.06. The van der Waals surface area contributed by atoms with E-state index in [0.29, 0.717) is 0 Å². The van der Waals surface area contributed by atoms with E-state index >= 15 is 0 Å². The van der Waals surface area contributed by atoms with Crippen LogP contribution < -0.4 is 15.4 Å². The van der Waals surface area contributed by atoms with Crippen LogP contribution in [0, 0.1) is 0 Å². The molecule has 0 bridgehead atoms. The van der Waals surface area contributed by atoms with Crippen molar-refractivity contribution >= 4 is 39.1 Å². The molecule has 0 aliphatic carbocycles. The van der Waals surface area contributed by atoms with Gasteiger partial charge in [0, 0.05) is 20.0 Å². The van der Waals surface area contributed by atoms with Crippen LogP contribution in [0.3, 0.4) is 0 Å². The number of carbonyl (C=O) groups excluding carboxylic acids is 2. The molecule has 0 unspecified atom stereocenters. The lowest BCUT2D eigenvalue weighted by Gasteiger charge is -2.25. The number of halogens is 4. The molecule has 0 saturated heterocycles. The molecule has 0 aromatic heterocycles. The minimum atomic E-state index is -5.22. The molecule has 0 saturated carbocycles. The number of amides is 2. The SMILES string of the molecule is CC(=O)NCCNS(=O)(=O)c1ccc(NC(=O)[C@@](C)(O)C(F)(F)F)c(Cl)c1. The molecule has 0 fully saturated rings. The van der Waals surface area contributed by atoms with Gasteiger partial charge in [-0.2, -0.15) is 13.2 Å².